The molecule has 4 aliphatic heterocycles. The quantitative estimate of drug-likeness (QED) is 0.775. The molecular formula is C17H23N3O. The topological polar surface area (TPSA) is 28.1 Å². The molecule has 2 saturated heterocycles. The third kappa shape index (κ3) is 1.96. The van der Waals surface area contributed by atoms with Gasteiger partial charge in [0.1, 0.15) is 12.1 Å². The Morgan fingerprint density at radius 1 is 1.24 bits per heavy atom. The first-order valence-electron chi connectivity index (χ1n) is 7.91. The molecule has 4 nitrogen and oxygen atoms in total. The highest BCUT2D eigenvalue weighted by Crippen LogP contribution is 2.42. The highest BCUT2D eigenvalue weighted by atomic mass is 16.5. The van der Waals surface area contributed by atoms with Crippen LogP contribution in [-0.4, -0.2) is 60.7 Å². The predicted octanol–water partition coefficient (Wildman–Crippen LogP) is 1.82. The molecule has 0 amide bonds. The Labute approximate surface area is 126 Å². The Balaban J connectivity index is 1.55. The number of piperidine rings is 1. The van der Waals surface area contributed by atoms with E-state index in [0.29, 0.717) is 5.92 Å². The number of amidine groups is 1. The molecule has 3 unspecified atom stereocenters. The van der Waals surface area contributed by atoms with Crippen LogP contribution < -0.4 is 0 Å². The maximum atomic E-state index is 6.01. The highest BCUT2D eigenvalue weighted by molar-refractivity contribution is 5.77. The molecular weight excluding hydrogens is 262 g/mol. The lowest BCUT2D eigenvalue weighted by molar-refractivity contribution is 0.178. The van der Waals surface area contributed by atoms with Crippen molar-refractivity contribution in [3.63, 3.8) is 0 Å². The average Bonchev–Trinajstić information content (AvgIpc) is 3.22. The van der Waals surface area contributed by atoms with Gasteiger partial charge in [0.2, 0.25) is 0 Å². The van der Waals surface area contributed by atoms with Crippen LogP contribution in [0.1, 0.15) is 12.8 Å². The minimum absolute atomic E-state index is 0.0460. The van der Waals surface area contributed by atoms with Crippen molar-refractivity contribution in [2.75, 3.05) is 39.3 Å². The predicted molar refractivity (Wildman–Crippen MR) is 84.3 cm³/mol. The zero-order valence-electron chi connectivity index (χ0n) is 12.6. The third-order valence-corrected chi connectivity index (χ3v) is 5.49. The molecule has 0 aromatic heterocycles. The van der Waals surface area contributed by atoms with Gasteiger partial charge in [0.05, 0.1) is 0 Å². The fraction of sp³-hybridized carbons (Fsp3) is 0.588. The molecule has 0 N–H and O–H groups in total. The van der Waals surface area contributed by atoms with Gasteiger partial charge < -0.3 is 14.5 Å². The lowest BCUT2D eigenvalue weighted by atomic mass is 9.86. The minimum Gasteiger partial charge on any atom is -0.462 e. The summed E-state index contributed by atoms with van der Waals surface area (Å²) in [6, 6.07) is 0.853. The van der Waals surface area contributed by atoms with Gasteiger partial charge in [-0.1, -0.05) is 25.3 Å². The first-order valence-corrected chi connectivity index (χ1v) is 7.91. The van der Waals surface area contributed by atoms with E-state index in [1.165, 1.54) is 30.7 Å². The Hall–Kier alpha value is -1.55. The van der Waals surface area contributed by atoms with Crippen LogP contribution >= 0.6 is 0 Å². The molecule has 0 aromatic rings. The highest BCUT2D eigenvalue weighted by Gasteiger charge is 2.54. The minimum atomic E-state index is 0.0460. The molecule has 21 heavy (non-hydrogen) atoms. The molecule has 4 heterocycles. The van der Waals surface area contributed by atoms with Crippen molar-refractivity contribution < 1.29 is 4.74 Å². The molecule has 112 valence electrons. The van der Waals surface area contributed by atoms with Gasteiger partial charge in [-0.15, -0.1) is 0 Å². The summed E-state index contributed by atoms with van der Waals surface area (Å²) in [4.78, 5) is 9.83. The summed E-state index contributed by atoms with van der Waals surface area (Å²) in [5.74, 6) is 0.693. The van der Waals surface area contributed by atoms with Crippen LogP contribution in [0.3, 0.4) is 0 Å². The van der Waals surface area contributed by atoms with Crippen molar-refractivity contribution in [1.29, 1.82) is 0 Å². The number of fused-ring (bicyclic) bond motifs is 3. The average molecular weight is 285 g/mol. The number of nitrogens with zero attached hydrogens (tertiary/aromatic N) is 3. The summed E-state index contributed by atoms with van der Waals surface area (Å²) < 4.78 is 6.01. The molecule has 0 saturated carbocycles. The summed E-state index contributed by atoms with van der Waals surface area (Å²) in [7, 11) is 0. The van der Waals surface area contributed by atoms with Crippen LogP contribution in [0.4, 0.5) is 0 Å². The maximum Gasteiger partial charge on any atom is 0.288 e. The van der Waals surface area contributed by atoms with Gasteiger partial charge in [-0.3, -0.25) is 0 Å². The lowest BCUT2D eigenvalue weighted by Crippen LogP contribution is -2.42. The van der Waals surface area contributed by atoms with Crippen molar-refractivity contribution in [3.05, 3.63) is 36.5 Å². The smallest absolute Gasteiger partial charge is 0.288 e. The van der Waals surface area contributed by atoms with Crippen LogP contribution in [0.2, 0.25) is 0 Å². The van der Waals surface area contributed by atoms with E-state index in [9.17, 15) is 0 Å². The van der Waals surface area contributed by atoms with Crippen LogP contribution in [0, 0.1) is 5.92 Å². The van der Waals surface area contributed by atoms with Crippen molar-refractivity contribution >= 4 is 6.02 Å². The summed E-state index contributed by atoms with van der Waals surface area (Å²) in [5, 5.41) is 0. The molecule has 2 fully saturated rings. The van der Waals surface area contributed by atoms with Gasteiger partial charge >= 0.3 is 0 Å². The zero-order valence-corrected chi connectivity index (χ0v) is 12.6. The number of rotatable bonds is 2. The summed E-state index contributed by atoms with van der Waals surface area (Å²) in [6.07, 6.45) is 6.17. The van der Waals surface area contributed by atoms with Crippen molar-refractivity contribution in [2.45, 2.75) is 18.4 Å². The van der Waals surface area contributed by atoms with E-state index in [1.54, 1.807) is 0 Å². The van der Waals surface area contributed by atoms with Crippen LogP contribution in [-0.2, 0) is 4.74 Å². The molecule has 0 aliphatic carbocycles. The van der Waals surface area contributed by atoms with Gasteiger partial charge in [-0.2, -0.15) is 0 Å². The Bertz CT molecular complexity index is 550. The van der Waals surface area contributed by atoms with Crippen molar-refractivity contribution in [2.24, 2.45) is 10.9 Å². The number of hydrogen-bond acceptors (Lipinski definition) is 4. The second kappa shape index (κ2) is 4.73. The monoisotopic (exact) mass is 285 g/mol. The maximum absolute atomic E-state index is 6.01. The molecule has 4 aliphatic rings. The molecule has 4 heteroatoms. The Morgan fingerprint density at radius 2 is 2.10 bits per heavy atom. The summed E-state index contributed by atoms with van der Waals surface area (Å²) in [6.45, 7) is 13.9. The van der Waals surface area contributed by atoms with Gasteiger partial charge in [0, 0.05) is 32.1 Å². The number of aliphatic imine (C=N–C) groups is 1. The number of hydrogen-bond donors (Lipinski definition) is 0. The molecule has 0 radical (unpaired) electrons. The molecule has 3 atom stereocenters. The van der Waals surface area contributed by atoms with E-state index < -0.39 is 0 Å². The molecule has 4 rings (SSSR count). The normalized spacial score (nSPS) is 37.9. The van der Waals surface area contributed by atoms with Crippen molar-refractivity contribution in [1.82, 2.24) is 9.80 Å². The SMILES string of the molecule is C=CC1=C(C=C)CN(C2=NC3(CO2)CN2CCC3C2)CC1. The van der Waals surface area contributed by atoms with E-state index in [-0.39, 0.29) is 5.54 Å². The Kier molecular flexibility index (Phi) is 2.96. The van der Waals surface area contributed by atoms with Crippen LogP contribution in [0.25, 0.3) is 0 Å². The fourth-order valence-electron chi connectivity index (χ4n) is 4.22. The second-order valence-corrected chi connectivity index (χ2v) is 6.64. The van der Waals surface area contributed by atoms with Gasteiger partial charge in [0.25, 0.3) is 6.02 Å². The van der Waals surface area contributed by atoms with E-state index in [0.717, 1.165) is 38.7 Å². The lowest BCUT2D eigenvalue weighted by Gasteiger charge is -2.29. The van der Waals surface area contributed by atoms with Crippen molar-refractivity contribution in [3.8, 4) is 0 Å². The van der Waals surface area contributed by atoms with E-state index >= 15 is 0 Å². The Morgan fingerprint density at radius 3 is 2.76 bits per heavy atom. The second-order valence-electron chi connectivity index (χ2n) is 6.64. The van der Waals surface area contributed by atoms with Gasteiger partial charge in [0.15, 0.2) is 0 Å². The van der Waals surface area contributed by atoms with Gasteiger partial charge in [-0.25, -0.2) is 4.99 Å². The molecule has 0 aromatic carbocycles. The third-order valence-electron chi connectivity index (χ3n) is 5.49. The van der Waals surface area contributed by atoms with Crippen LogP contribution in [0.15, 0.2) is 41.4 Å². The standard InChI is InChI=1S/C17H23N3O/c1-3-13-5-8-20(9-14(13)4-2)16-18-17(12-21-16)11-19-7-6-15(17)10-19/h3-4,15H,1-2,5-12H2. The molecule has 1 spiro atoms. The summed E-state index contributed by atoms with van der Waals surface area (Å²) >= 11 is 0. The van der Waals surface area contributed by atoms with E-state index in [4.69, 9.17) is 9.73 Å². The van der Waals surface area contributed by atoms with Crippen LogP contribution in [0.5, 0.6) is 0 Å². The summed E-state index contributed by atoms with van der Waals surface area (Å²) in [5.41, 5.74) is 2.60. The number of allylic oxidation sites excluding steroid dienone is 1. The first kappa shape index (κ1) is 13.1. The number of ether oxygens (including phenoxy) is 1. The van der Waals surface area contributed by atoms with E-state index in [1.807, 2.05) is 12.2 Å². The molecule has 2 bridgehead atoms. The first-order chi connectivity index (χ1) is 10.2. The van der Waals surface area contributed by atoms with E-state index in [2.05, 4.69) is 23.0 Å². The fourth-order valence-corrected chi connectivity index (χ4v) is 4.22. The zero-order chi connectivity index (χ0) is 14.4. The largest absolute Gasteiger partial charge is 0.462 e. The van der Waals surface area contributed by atoms with Gasteiger partial charge in [-0.05, 0) is 30.5 Å².